The second-order valence-electron chi connectivity index (χ2n) is 6.06. The molecule has 2 rings (SSSR count). The van der Waals surface area contributed by atoms with Gasteiger partial charge in [0.1, 0.15) is 5.69 Å². The molecule has 4 nitrogen and oxygen atoms in total. The van der Waals surface area contributed by atoms with Crippen molar-refractivity contribution in [3.05, 3.63) is 53.1 Å². The van der Waals surface area contributed by atoms with Crippen LogP contribution in [0.3, 0.4) is 0 Å². The number of nitrogens with zero attached hydrogens (tertiary/aromatic N) is 2. The van der Waals surface area contributed by atoms with Gasteiger partial charge in [-0.1, -0.05) is 45.0 Å². The monoisotopic (exact) mass is 272 g/mol. The third-order valence-corrected chi connectivity index (χ3v) is 3.40. The van der Waals surface area contributed by atoms with E-state index in [1.54, 1.807) is 17.8 Å². The highest BCUT2D eigenvalue weighted by Gasteiger charge is 2.16. The predicted octanol–water partition coefficient (Wildman–Crippen LogP) is 3.24. The molecule has 0 aliphatic carbocycles. The van der Waals surface area contributed by atoms with Crippen LogP contribution in [-0.2, 0) is 12.0 Å². The lowest BCUT2D eigenvalue weighted by Gasteiger charge is -2.19. The van der Waals surface area contributed by atoms with Crippen molar-refractivity contribution >= 4 is 5.97 Å². The van der Waals surface area contributed by atoms with E-state index in [2.05, 4.69) is 37.9 Å². The van der Waals surface area contributed by atoms with E-state index in [0.29, 0.717) is 12.2 Å². The molecule has 0 aliphatic heterocycles. The van der Waals surface area contributed by atoms with Gasteiger partial charge in [-0.2, -0.15) is 0 Å². The summed E-state index contributed by atoms with van der Waals surface area (Å²) in [7, 11) is 0. The zero-order valence-electron chi connectivity index (χ0n) is 12.3. The van der Waals surface area contributed by atoms with Crippen LogP contribution in [0.15, 0.2) is 30.6 Å². The molecule has 1 aromatic carbocycles. The van der Waals surface area contributed by atoms with Crippen LogP contribution >= 0.6 is 0 Å². The first kappa shape index (κ1) is 14.3. The number of aryl methyl sites for hydroxylation is 1. The van der Waals surface area contributed by atoms with Crippen molar-refractivity contribution in [3.63, 3.8) is 0 Å². The normalized spacial score (nSPS) is 11.6. The number of carbonyl (C=O) groups is 1. The molecular weight excluding hydrogens is 252 g/mol. The zero-order chi connectivity index (χ0) is 14.9. The Morgan fingerprint density at radius 1 is 1.25 bits per heavy atom. The molecule has 4 heteroatoms. The van der Waals surface area contributed by atoms with Crippen molar-refractivity contribution in [2.75, 3.05) is 0 Å². The van der Waals surface area contributed by atoms with Crippen LogP contribution in [-0.4, -0.2) is 20.6 Å². The minimum absolute atomic E-state index is 0.121. The number of aromatic carboxylic acids is 1. The summed E-state index contributed by atoms with van der Waals surface area (Å²) >= 11 is 0. The molecule has 0 fully saturated rings. The third-order valence-electron chi connectivity index (χ3n) is 3.40. The fraction of sp³-hybridized carbons (Fsp3) is 0.375. The molecule has 0 amide bonds. The lowest BCUT2D eigenvalue weighted by Crippen LogP contribution is -2.12. The van der Waals surface area contributed by atoms with E-state index in [1.807, 2.05) is 12.1 Å². The number of hydrogen-bond donors (Lipinski definition) is 1. The highest BCUT2D eigenvalue weighted by molar-refractivity contribution is 5.86. The highest BCUT2D eigenvalue weighted by Crippen LogP contribution is 2.22. The minimum Gasteiger partial charge on any atom is -0.477 e. The largest absolute Gasteiger partial charge is 0.477 e. The molecule has 2 aromatic rings. The predicted molar refractivity (Wildman–Crippen MR) is 78.2 cm³/mol. The average molecular weight is 272 g/mol. The van der Waals surface area contributed by atoms with Gasteiger partial charge in [0.25, 0.3) is 0 Å². The molecule has 0 saturated heterocycles. The van der Waals surface area contributed by atoms with Crippen molar-refractivity contribution in [1.29, 1.82) is 0 Å². The molecule has 1 N–H and O–H groups in total. The lowest BCUT2D eigenvalue weighted by molar-refractivity contribution is 0.0685. The Hall–Kier alpha value is -2.10. The van der Waals surface area contributed by atoms with E-state index >= 15 is 0 Å². The molecular formula is C16H20N2O2. The first-order valence-corrected chi connectivity index (χ1v) is 6.63. The molecule has 1 heterocycles. The summed E-state index contributed by atoms with van der Waals surface area (Å²) in [5.74, 6) is -0.939. The summed E-state index contributed by atoms with van der Waals surface area (Å²) in [5.41, 5.74) is 3.25. The average Bonchev–Trinajstić information content (AvgIpc) is 2.70. The Kier molecular flexibility index (Phi) is 3.66. The van der Waals surface area contributed by atoms with E-state index in [1.165, 1.54) is 5.56 Å². The quantitative estimate of drug-likeness (QED) is 0.933. The summed E-state index contributed by atoms with van der Waals surface area (Å²) in [6.45, 7) is 8.74. The van der Waals surface area contributed by atoms with E-state index in [4.69, 9.17) is 0 Å². The van der Waals surface area contributed by atoms with Crippen LogP contribution in [0.2, 0.25) is 0 Å². The second kappa shape index (κ2) is 5.12. The molecule has 0 unspecified atom stereocenters. The van der Waals surface area contributed by atoms with Gasteiger partial charge in [0.05, 0.1) is 12.0 Å². The van der Waals surface area contributed by atoms with Gasteiger partial charge in [-0.05, 0) is 23.5 Å². The molecule has 0 atom stereocenters. The van der Waals surface area contributed by atoms with Gasteiger partial charge in [-0.3, -0.25) is 0 Å². The molecule has 0 bridgehead atoms. The van der Waals surface area contributed by atoms with E-state index in [0.717, 1.165) is 5.56 Å². The Morgan fingerprint density at radius 2 is 1.85 bits per heavy atom. The van der Waals surface area contributed by atoms with Crippen LogP contribution in [0.25, 0.3) is 0 Å². The summed E-state index contributed by atoms with van der Waals surface area (Å²) in [4.78, 5) is 15.3. The lowest BCUT2D eigenvalue weighted by atomic mass is 9.87. The Labute approximate surface area is 119 Å². The standard InChI is InChI=1S/C16H20N2O2/c1-11-14(15(19)20)18(10-17-11)9-12-5-7-13(8-6-12)16(2,3)4/h5-8,10H,9H2,1-4H3,(H,19,20). The molecule has 1 aromatic heterocycles. The van der Waals surface area contributed by atoms with Gasteiger partial charge >= 0.3 is 5.97 Å². The molecule has 0 radical (unpaired) electrons. The van der Waals surface area contributed by atoms with E-state index in [-0.39, 0.29) is 11.1 Å². The second-order valence-corrected chi connectivity index (χ2v) is 6.06. The maximum atomic E-state index is 11.2. The number of carboxylic acids is 1. The number of rotatable bonds is 3. The fourth-order valence-electron chi connectivity index (χ4n) is 2.19. The van der Waals surface area contributed by atoms with Gasteiger partial charge in [0.2, 0.25) is 0 Å². The van der Waals surface area contributed by atoms with Crippen molar-refractivity contribution in [1.82, 2.24) is 9.55 Å². The number of hydrogen-bond acceptors (Lipinski definition) is 2. The molecule has 106 valence electrons. The Balaban J connectivity index is 2.25. The number of aromatic nitrogens is 2. The summed E-state index contributed by atoms with van der Waals surface area (Å²) in [6, 6.07) is 8.28. The smallest absolute Gasteiger partial charge is 0.354 e. The van der Waals surface area contributed by atoms with Gasteiger partial charge in [0, 0.05) is 6.54 Å². The topological polar surface area (TPSA) is 55.1 Å². The molecule has 20 heavy (non-hydrogen) atoms. The van der Waals surface area contributed by atoms with Crippen LogP contribution in [0.4, 0.5) is 0 Å². The Bertz CT molecular complexity index is 619. The van der Waals surface area contributed by atoms with Crippen molar-refractivity contribution in [2.45, 2.75) is 39.7 Å². The maximum Gasteiger partial charge on any atom is 0.354 e. The van der Waals surface area contributed by atoms with Crippen LogP contribution < -0.4 is 0 Å². The van der Waals surface area contributed by atoms with Crippen LogP contribution in [0, 0.1) is 6.92 Å². The van der Waals surface area contributed by atoms with Crippen molar-refractivity contribution in [3.8, 4) is 0 Å². The van der Waals surface area contributed by atoms with Gasteiger partial charge in [-0.15, -0.1) is 0 Å². The summed E-state index contributed by atoms with van der Waals surface area (Å²) in [6.07, 6.45) is 1.58. The first-order chi connectivity index (χ1) is 9.29. The summed E-state index contributed by atoms with van der Waals surface area (Å²) < 4.78 is 1.67. The van der Waals surface area contributed by atoms with Crippen LogP contribution in [0.1, 0.15) is 48.1 Å². The number of benzene rings is 1. The van der Waals surface area contributed by atoms with Crippen LogP contribution in [0.5, 0.6) is 0 Å². The third kappa shape index (κ3) is 2.90. The molecule has 0 aliphatic rings. The Morgan fingerprint density at radius 3 is 2.35 bits per heavy atom. The van der Waals surface area contributed by atoms with Gasteiger partial charge in [0.15, 0.2) is 0 Å². The van der Waals surface area contributed by atoms with Gasteiger partial charge in [-0.25, -0.2) is 9.78 Å². The highest BCUT2D eigenvalue weighted by atomic mass is 16.4. The van der Waals surface area contributed by atoms with Gasteiger partial charge < -0.3 is 9.67 Å². The van der Waals surface area contributed by atoms with Crippen molar-refractivity contribution in [2.24, 2.45) is 0 Å². The number of carboxylic acid groups (broad SMARTS) is 1. The SMILES string of the molecule is Cc1ncn(Cc2ccc(C(C)(C)C)cc2)c1C(=O)O. The maximum absolute atomic E-state index is 11.2. The zero-order valence-corrected chi connectivity index (χ0v) is 12.3. The van der Waals surface area contributed by atoms with Crippen molar-refractivity contribution < 1.29 is 9.90 Å². The minimum atomic E-state index is -0.939. The first-order valence-electron chi connectivity index (χ1n) is 6.63. The number of imidazole rings is 1. The van der Waals surface area contributed by atoms with E-state index in [9.17, 15) is 9.90 Å². The fourth-order valence-corrected chi connectivity index (χ4v) is 2.19. The van der Waals surface area contributed by atoms with E-state index < -0.39 is 5.97 Å². The molecule has 0 saturated carbocycles. The summed E-state index contributed by atoms with van der Waals surface area (Å²) in [5, 5.41) is 9.20. The molecule has 0 spiro atoms.